The lowest BCUT2D eigenvalue weighted by Gasteiger charge is -2.11. The molecule has 0 bridgehead atoms. The molecule has 2 aromatic carbocycles. The summed E-state index contributed by atoms with van der Waals surface area (Å²) in [5.74, 6) is 0.307. The Kier molecular flexibility index (Phi) is 6.18. The van der Waals surface area contributed by atoms with Gasteiger partial charge in [-0.1, -0.05) is 23.7 Å². The van der Waals surface area contributed by atoms with E-state index < -0.39 is 0 Å². The van der Waals surface area contributed by atoms with E-state index in [1.165, 1.54) is 0 Å². The second-order valence-corrected chi connectivity index (χ2v) is 5.34. The van der Waals surface area contributed by atoms with E-state index >= 15 is 0 Å². The Hall–Kier alpha value is -2.33. The first kappa shape index (κ1) is 17.0. The van der Waals surface area contributed by atoms with Crippen molar-refractivity contribution < 1.29 is 14.3 Å². The van der Waals surface area contributed by atoms with Gasteiger partial charge in [0.2, 0.25) is 5.91 Å². The Labute approximate surface area is 140 Å². The molecule has 0 spiro atoms. The quantitative estimate of drug-likeness (QED) is 0.768. The summed E-state index contributed by atoms with van der Waals surface area (Å²) in [5.41, 5.74) is 1.16. The van der Waals surface area contributed by atoms with E-state index in [-0.39, 0.29) is 24.5 Å². The van der Waals surface area contributed by atoms with Crippen molar-refractivity contribution >= 4 is 29.0 Å². The SMILES string of the molecule is CCOc1ccccc1NC(=O)CCC(=O)c1ccc(Cl)cc1. The number of rotatable bonds is 7. The van der Waals surface area contributed by atoms with Gasteiger partial charge in [-0.3, -0.25) is 9.59 Å². The molecule has 2 aromatic rings. The van der Waals surface area contributed by atoms with Crippen molar-refractivity contribution in [3.63, 3.8) is 0 Å². The largest absolute Gasteiger partial charge is 0.492 e. The molecule has 0 aliphatic heterocycles. The van der Waals surface area contributed by atoms with Crippen LogP contribution in [0.15, 0.2) is 48.5 Å². The van der Waals surface area contributed by atoms with Crippen LogP contribution in [0.25, 0.3) is 0 Å². The van der Waals surface area contributed by atoms with E-state index in [2.05, 4.69) is 5.32 Å². The number of hydrogen-bond donors (Lipinski definition) is 1. The van der Waals surface area contributed by atoms with Crippen molar-refractivity contribution in [2.45, 2.75) is 19.8 Å². The maximum atomic E-state index is 12.0. The van der Waals surface area contributed by atoms with Crippen LogP contribution in [0.5, 0.6) is 5.75 Å². The van der Waals surface area contributed by atoms with Crippen LogP contribution >= 0.6 is 11.6 Å². The van der Waals surface area contributed by atoms with Crippen LogP contribution in [0.4, 0.5) is 5.69 Å². The number of ketones is 1. The molecule has 0 aliphatic carbocycles. The molecule has 120 valence electrons. The van der Waals surface area contributed by atoms with E-state index in [9.17, 15) is 9.59 Å². The van der Waals surface area contributed by atoms with Gasteiger partial charge >= 0.3 is 0 Å². The van der Waals surface area contributed by atoms with Crippen LogP contribution in [0.3, 0.4) is 0 Å². The first-order valence-corrected chi connectivity index (χ1v) is 7.78. The lowest BCUT2D eigenvalue weighted by Crippen LogP contribution is -2.14. The van der Waals surface area contributed by atoms with Gasteiger partial charge in [0.25, 0.3) is 0 Å². The summed E-state index contributed by atoms with van der Waals surface area (Å²) in [4.78, 5) is 24.1. The predicted molar refractivity (Wildman–Crippen MR) is 91.3 cm³/mol. The Bertz CT molecular complexity index is 683. The number of anilines is 1. The third-order valence-electron chi connectivity index (χ3n) is 3.21. The standard InChI is InChI=1S/C18H18ClNO3/c1-2-23-17-6-4-3-5-15(17)20-18(22)12-11-16(21)13-7-9-14(19)10-8-13/h3-10H,2,11-12H2,1H3,(H,20,22). The van der Waals surface area contributed by atoms with Crippen molar-refractivity contribution in [3.05, 3.63) is 59.1 Å². The van der Waals surface area contributed by atoms with Gasteiger partial charge in [0.05, 0.1) is 12.3 Å². The first-order valence-electron chi connectivity index (χ1n) is 7.40. The number of hydrogen-bond acceptors (Lipinski definition) is 3. The molecule has 0 aromatic heterocycles. The normalized spacial score (nSPS) is 10.2. The highest BCUT2D eigenvalue weighted by atomic mass is 35.5. The minimum Gasteiger partial charge on any atom is -0.492 e. The minimum atomic E-state index is -0.223. The summed E-state index contributed by atoms with van der Waals surface area (Å²) in [5, 5.41) is 3.35. The Morgan fingerprint density at radius 1 is 1.04 bits per heavy atom. The molecule has 2 rings (SSSR count). The molecule has 23 heavy (non-hydrogen) atoms. The zero-order valence-electron chi connectivity index (χ0n) is 12.8. The molecule has 5 heteroatoms. The summed E-state index contributed by atoms with van der Waals surface area (Å²) in [6.07, 6.45) is 0.256. The Balaban J connectivity index is 1.90. The summed E-state index contributed by atoms with van der Waals surface area (Å²) < 4.78 is 5.45. The van der Waals surface area contributed by atoms with Crippen molar-refractivity contribution in [3.8, 4) is 5.75 Å². The molecule has 0 saturated carbocycles. The van der Waals surface area contributed by atoms with E-state index in [0.29, 0.717) is 28.6 Å². The summed E-state index contributed by atoms with van der Waals surface area (Å²) in [6, 6.07) is 13.9. The lowest BCUT2D eigenvalue weighted by molar-refractivity contribution is -0.116. The van der Waals surface area contributed by atoms with E-state index in [4.69, 9.17) is 16.3 Å². The highest BCUT2D eigenvalue weighted by Crippen LogP contribution is 2.24. The second kappa shape index (κ2) is 8.34. The molecule has 1 N–H and O–H groups in total. The number of nitrogens with one attached hydrogen (secondary N) is 1. The van der Waals surface area contributed by atoms with Gasteiger partial charge in [-0.25, -0.2) is 0 Å². The van der Waals surface area contributed by atoms with Gasteiger partial charge in [-0.2, -0.15) is 0 Å². The summed E-state index contributed by atoms with van der Waals surface area (Å²) in [7, 11) is 0. The highest BCUT2D eigenvalue weighted by Gasteiger charge is 2.11. The number of carbonyl (C=O) groups is 2. The van der Waals surface area contributed by atoms with Crippen LogP contribution in [-0.4, -0.2) is 18.3 Å². The zero-order chi connectivity index (χ0) is 16.7. The fourth-order valence-electron chi connectivity index (χ4n) is 2.07. The molecular weight excluding hydrogens is 314 g/mol. The van der Waals surface area contributed by atoms with E-state index in [1.807, 2.05) is 19.1 Å². The molecule has 0 radical (unpaired) electrons. The van der Waals surface area contributed by atoms with Crippen LogP contribution in [0.2, 0.25) is 5.02 Å². The number of benzene rings is 2. The third-order valence-corrected chi connectivity index (χ3v) is 3.46. The second-order valence-electron chi connectivity index (χ2n) is 4.91. The number of para-hydroxylation sites is 2. The number of halogens is 1. The Morgan fingerprint density at radius 2 is 1.74 bits per heavy atom. The molecule has 0 unspecified atom stereocenters. The molecule has 0 fully saturated rings. The molecule has 0 aliphatic rings. The average molecular weight is 332 g/mol. The highest BCUT2D eigenvalue weighted by molar-refractivity contribution is 6.30. The van der Waals surface area contributed by atoms with Gasteiger partial charge in [0.1, 0.15) is 5.75 Å². The lowest BCUT2D eigenvalue weighted by atomic mass is 10.1. The van der Waals surface area contributed by atoms with Gasteiger partial charge < -0.3 is 10.1 Å². The molecule has 0 heterocycles. The summed E-state index contributed by atoms with van der Waals surface area (Å²) in [6.45, 7) is 2.39. The fraction of sp³-hybridized carbons (Fsp3) is 0.222. The van der Waals surface area contributed by atoms with Crippen LogP contribution in [0.1, 0.15) is 30.1 Å². The van der Waals surface area contributed by atoms with E-state index in [0.717, 1.165) is 0 Å². The molecule has 0 atom stereocenters. The van der Waals surface area contributed by atoms with E-state index in [1.54, 1.807) is 36.4 Å². The van der Waals surface area contributed by atoms with Crippen molar-refractivity contribution in [1.82, 2.24) is 0 Å². The summed E-state index contributed by atoms with van der Waals surface area (Å²) >= 11 is 5.79. The van der Waals surface area contributed by atoms with Crippen molar-refractivity contribution in [1.29, 1.82) is 0 Å². The number of carbonyl (C=O) groups excluding carboxylic acids is 2. The maximum absolute atomic E-state index is 12.0. The van der Waals surface area contributed by atoms with Gasteiger partial charge in [0, 0.05) is 23.4 Å². The van der Waals surface area contributed by atoms with Crippen LogP contribution < -0.4 is 10.1 Å². The molecule has 1 amide bonds. The predicted octanol–water partition coefficient (Wildman–Crippen LogP) is 4.34. The van der Waals surface area contributed by atoms with Gasteiger partial charge in [-0.15, -0.1) is 0 Å². The minimum absolute atomic E-state index is 0.0880. The number of ether oxygens (including phenoxy) is 1. The van der Waals surface area contributed by atoms with Crippen LogP contribution in [0, 0.1) is 0 Å². The first-order chi connectivity index (χ1) is 11.1. The van der Waals surface area contributed by atoms with Gasteiger partial charge in [-0.05, 0) is 43.3 Å². The van der Waals surface area contributed by atoms with Crippen molar-refractivity contribution in [2.75, 3.05) is 11.9 Å². The zero-order valence-corrected chi connectivity index (χ0v) is 13.6. The third kappa shape index (κ3) is 5.11. The van der Waals surface area contributed by atoms with Crippen LogP contribution in [-0.2, 0) is 4.79 Å². The topological polar surface area (TPSA) is 55.4 Å². The fourth-order valence-corrected chi connectivity index (χ4v) is 2.20. The maximum Gasteiger partial charge on any atom is 0.224 e. The Morgan fingerprint density at radius 3 is 2.43 bits per heavy atom. The van der Waals surface area contributed by atoms with Crippen molar-refractivity contribution in [2.24, 2.45) is 0 Å². The smallest absolute Gasteiger partial charge is 0.224 e. The molecule has 4 nitrogen and oxygen atoms in total. The number of Topliss-reactive ketones (excluding diaryl/α,β-unsaturated/α-hetero) is 1. The number of amides is 1. The molecule has 0 saturated heterocycles. The average Bonchev–Trinajstić information content (AvgIpc) is 2.55. The van der Waals surface area contributed by atoms with Gasteiger partial charge in [0.15, 0.2) is 5.78 Å². The molecular formula is C18H18ClNO3. The monoisotopic (exact) mass is 331 g/mol.